The van der Waals surface area contributed by atoms with Crippen LogP contribution in [0.3, 0.4) is 0 Å². The van der Waals surface area contributed by atoms with Gasteiger partial charge >= 0.3 is 0 Å². The third-order valence-electron chi connectivity index (χ3n) is 12.1. The maximum Gasteiger partial charge on any atom is 0.159 e. The molecule has 1 aromatic heterocycles. The fourth-order valence-electron chi connectivity index (χ4n) is 9.91. The molecule has 2 aliphatic rings. The Bertz CT molecular complexity index is 2830. The van der Waals surface area contributed by atoms with Gasteiger partial charge in [0, 0.05) is 33.1 Å². The molecule has 54 heavy (non-hydrogen) atoms. The second-order valence-electron chi connectivity index (χ2n) is 15.2. The van der Waals surface area contributed by atoms with Gasteiger partial charge in [0.15, 0.2) is 5.58 Å². The summed E-state index contributed by atoms with van der Waals surface area (Å²) >= 11 is 0. The van der Waals surface area contributed by atoms with E-state index >= 15 is 0 Å². The molecule has 0 atom stereocenters. The lowest BCUT2D eigenvalue weighted by Gasteiger charge is -2.46. The summed E-state index contributed by atoms with van der Waals surface area (Å²) < 4.78 is 7.18. The lowest BCUT2D eigenvalue weighted by atomic mass is 9.55. The van der Waals surface area contributed by atoms with E-state index in [2.05, 4.69) is 207 Å². The van der Waals surface area contributed by atoms with E-state index in [4.69, 9.17) is 4.42 Å². The van der Waals surface area contributed by atoms with E-state index in [9.17, 15) is 0 Å². The molecule has 2 heteroatoms. The van der Waals surface area contributed by atoms with Crippen molar-refractivity contribution in [2.45, 2.75) is 24.7 Å². The summed E-state index contributed by atoms with van der Waals surface area (Å²) in [5, 5.41) is 2.21. The van der Waals surface area contributed by atoms with E-state index in [-0.39, 0.29) is 5.41 Å². The number of para-hydroxylation sites is 4. The zero-order chi connectivity index (χ0) is 36.0. The Balaban J connectivity index is 1.20. The van der Waals surface area contributed by atoms with Crippen molar-refractivity contribution in [3.63, 3.8) is 0 Å². The highest BCUT2D eigenvalue weighted by Crippen LogP contribution is 2.63. The van der Waals surface area contributed by atoms with Crippen molar-refractivity contribution in [2.24, 2.45) is 0 Å². The first-order valence-electron chi connectivity index (χ1n) is 18.9. The molecule has 1 spiro atoms. The van der Waals surface area contributed by atoms with Gasteiger partial charge in [-0.3, -0.25) is 0 Å². The predicted octanol–water partition coefficient (Wildman–Crippen LogP) is 13.7. The number of furan rings is 1. The van der Waals surface area contributed by atoms with Crippen LogP contribution in [-0.2, 0) is 10.8 Å². The molecule has 2 aliphatic carbocycles. The van der Waals surface area contributed by atoms with Crippen molar-refractivity contribution in [3.8, 4) is 22.3 Å². The number of fused-ring (bicyclic) bond motifs is 12. The minimum absolute atomic E-state index is 0.140. The first-order valence-corrected chi connectivity index (χ1v) is 18.9. The largest absolute Gasteiger partial charge is 0.453 e. The molecule has 11 rings (SSSR count). The molecule has 0 unspecified atom stereocenters. The van der Waals surface area contributed by atoms with Crippen LogP contribution in [0.15, 0.2) is 192 Å². The van der Waals surface area contributed by atoms with Crippen molar-refractivity contribution in [1.82, 2.24) is 0 Å². The van der Waals surface area contributed by atoms with E-state index in [1.165, 1.54) is 50.1 Å². The van der Waals surface area contributed by atoms with Crippen LogP contribution in [0.25, 0.3) is 44.2 Å². The molecular formula is C52H37NO. The molecule has 8 aromatic carbocycles. The number of nitrogens with zero attached hydrogens (tertiary/aromatic N) is 1. The zero-order valence-corrected chi connectivity index (χ0v) is 30.3. The quantitative estimate of drug-likeness (QED) is 0.183. The number of hydrogen-bond acceptors (Lipinski definition) is 2. The standard InChI is InChI=1S/C52H37NO/c1-51(2)42-28-11-13-30-44(42)52(45-31-14-12-29-43(45)51)41-27-10-9-22-40(41)48-36(23-16-32-46(48)52)37-24-15-25-38-39-26-17-33-47(50(39)54-49(37)38)53(34-18-5-3-6-19-34)35-20-7-4-8-21-35/h3-33H,1-2H3. The smallest absolute Gasteiger partial charge is 0.159 e. The van der Waals surface area contributed by atoms with Gasteiger partial charge in [-0.25, -0.2) is 0 Å². The predicted molar refractivity (Wildman–Crippen MR) is 223 cm³/mol. The van der Waals surface area contributed by atoms with Gasteiger partial charge in [-0.05, 0) is 80.4 Å². The van der Waals surface area contributed by atoms with Crippen molar-refractivity contribution in [3.05, 3.63) is 221 Å². The monoisotopic (exact) mass is 691 g/mol. The van der Waals surface area contributed by atoms with E-state index in [1.54, 1.807) is 0 Å². The summed E-state index contributed by atoms with van der Waals surface area (Å²) in [4.78, 5) is 2.30. The maximum absolute atomic E-state index is 7.18. The number of anilines is 3. The minimum atomic E-state index is -0.453. The van der Waals surface area contributed by atoms with E-state index in [0.29, 0.717) is 0 Å². The van der Waals surface area contributed by atoms with Gasteiger partial charge in [-0.15, -0.1) is 0 Å². The van der Waals surface area contributed by atoms with Crippen LogP contribution in [0.2, 0.25) is 0 Å². The molecule has 0 fully saturated rings. The Hall–Kier alpha value is -6.64. The molecule has 0 amide bonds. The highest BCUT2D eigenvalue weighted by molar-refractivity contribution is 6.14. The maximum atomic E-state index is 7.18. The molecule has 0 saturated carbocycles. The van der Waals surface area contributed by atoms with Gasteiger partial charge in [0.2, 0.25) is 0 Å². The molecule has 9 aromatic rings. The summed E-state index contributed by atoms with van der Waals surface area (Å²) in [5.41, 5.74) is 17.3. The average Bonchev–Trinajstić information content (AvgIpc) is 3.76. The first-order chi connectivity index (χ1) is 26.6. The second-order valence-corrected chi connectivity index (χ2v) is 15.2. The number of rotatable bonds is 4. The molecule has 0 bridgehead atoms. The van der Waals surface area contributed by atoms with Gasteiger partial charge in [0.25, 0.3) is 0 Å². The molecule has 0 N–H and O–H groups in total. The van der Waals surface area contributed by atoms with Crippen molar-refractivity contribution in [2.75, 3.05) is 4.90 Å². The van der Waals surface area contributed by atoms with E-state index in [0.717, 1.165) is 44.6 Å². The van der Waals surface area contributed by atoms with Crippen LogP contribution >= 0.6 is 0 Å². The molecule has 0 aliphatic heterocycles. The van der Waals surface area contributed by atoms with E-state index < -0.39 is 5.41 Å². The SMILES string of the molecule is CC1(C)c2ccccc2C2(c3ccccc3-c3c(-c4cccc5c4oc4c(N(c6ccccc6)c6ccccc6)cccc45)cccc32)c2ccccc21. The summed E-state index contributed by atoms with van der Waals surface area (Å²) in [5.74, 6) is 0. The highest BCUT2D eigenvalue weighted by atomic mass is 16.3. The lowest BCUT2D eigenvalue weighted by molar-refractivity contribution is 0.563. The van der Waals surface area contributed by atoms with Gasteiger partial charge in [-0.1, -0.05) is 172 Å². The third-order valence-corrected chi connectivity index (χ3v) is 12.1. The normalized spacial score (nSPS) is 14.4. The Morgan fingerprint density at radius 2 is 0.833 bits per heavy atom. The van der Waals surface area contributed by atoms with Crippen LogP contribution in [0.4, 0.5) is 17.1 Å². The fraction of sp³-hybridized carbons (Fsp3) is 0.0769. The van der Waals surface area contributed by atoms with Crippen LogP contribution in [-0.4, -0.2) is 0 Å². The number of hydrogen-bond donors (Lipinski definition) is 0. The van der Waals surface area contributed by atoms with Crippen molar-refractivity contribution < 1.29 is 4.42 Å². The topological polar surface area (TPSA) is 16.4 Å². The minimum Gasteiger partial charge on any atom is -0.453 e. The summed E-state index contributed by atoms with van der Waals surface area (Å²) in [6.07, 6.45) is 0. The first kappa shape index (κ1) is 30.9. The molecule has 1 heterocycles. The lowest BCUT2D eigenvalue weighted by Crippen LogP contribution is -2.40. The zero-order valence-electron chi connectivity index (χ0n) is 30.3. The highest BCUT2D eigenvalue weighted by Gasteiger charge is 2.53. The van der Waals surface area contributed by atoms with Crippen LogP contribution in [0.5, 0.6) is 0 Å². The Labute approximate surface area is 315 Å². The van der Waals surface area contributed by atoms with Gasteiger partial charge < -0.3 is 9.32 Å². The molecule has 2 nitrogen and oxygen atoms in total. The van der Waals surface area contributed by atoms with Crippen LogP contribution < -0.4 is 4.90 Å². The van der Waals surface area contributed by atoms with Crippen LogP contribution in [0, 0.1) is 0 Å². The summed E-state index contributed by atoms with van der Waals surface area (Å²) in [7, 11) is 0. The van der Waals surface area contributed by atoms with Crippen molar-refractivity contribution in [1.29, 1.82) is 0 Å². The Morgan fingerprint density at radius 3 is 1.48 bits per heavy atom. The third kappa shape index (κ3) is 4.06. The van der Waals surface area contributed by atoms with Gasteiger partial charge in [-0.2, -0.15) is 0 Å². The van der Waals surface area contributed by atoms with Crippen molar-refractivity contribution >= 4 is 39.0 Å². The average molecular weight is 692 g/mol. The molecular weight excluding hydrogens is 655 g/mol. The van der Waals surface area contributed by atoms with Gasteiger partial charge in [0.05, 0.1) is 11.1 Å². The molecule has 0 radical (unpaired) electrons. The van der Waals surface area contributed by atoms with Gasteiger partial charge in [0.1, 0.15) is 5.58 Å². The number of benzene rings is 8. The van der Waals surface area contributed by atoms with Crippen LogP contribution in [0.1, 0.15) is 47.2 Å². The summed E-state index contributed by atoms with van der Waals surface area (Å²) in [6.45, 7) is 4.76. The molecule has 0 saturated heterocycles. The van der Waals surface area contributed by atoms with E-state index in [1.807, 2.05) is 0 Å². The summed E-state index contributed by atoms with van der Waals surface area (Å²) in [6, 6.07) is 68.6. The second kappa shape index (κ2) is 11.4. The molecule has 256 valence electrons. The Morgan fingerprint density at radius 1 is 0.370 bits per heavy atom. The Kier molecular flexibility index (Phi) is 6.55. The fourth-order valence-corrected chi connectivity index (χ4v) is 9.91.